The molecule has 1 heterocycles. The van der Waals surface area contributed by atoms with Gasteiger partial charge < -0.3 is 14.8 Å². The highest BCUT2D eigenvalue weighted by molar-refractivity contribution is 5.72. The number of hydrogen-bond donors (Lipinski definition) is 1. The maximum atomic E-state index is 11.1. The van der Waals surface area contributed by atoms with Crippen molar-refractivity contribution in [3.8, 4) is 22.8 Å². The number of methoxy groups -OCH3 is 2. The van der Waals surface area contributed by atoms with E-state index in [2.05, 4.69) is 15.3 Å². The average Bonchev–Trinajstić information content (AvgIpc) is 2.53. The number of ether oxygens (including phenoxy) is 2. The largest absolute Gasteiger partial charge is 0.493 e. The lowest BCUT2D eigenvalue weighted by atomic mass is 10.1. The third-order valence-electron chi connectivity index (χ3n) is 2.85. The molecule has 0 amide bonds. The maximum Gasteiger partial charge on any atom is 0.313 e. The van der Waals surface area contributed by atoms with Crippen LogP contribution in [0.25, 0.3) is 11.3 Å². The summed E-state index contributed by atoms with van der Waals surface area (Å²) < 4.78 is 10.3. The number of aromatic nitrogens is 2. The van der Waals surface area contributed by atoms with Crippen molar-refractivity contribution in [3.05, 3.63) is 34.5 Å². The highest BCUT2D eigenvalue weighted by Crippen LogP contribution is 2.35. The van der Waals surface area contributed by atoms with E-state index in [1.807, 2.05) is 0 Å². The summed E-state index contributed by atoms with van der Waals surface area (Å²) in [6, 6.07) is 4.97. The average molecular weight is 290 g/mol. The summed E-state index contributed by atoms with van der Waals surface area (Å²) in [7, 11) is 4.65. The van der Waals surface area contributed by atoms with Crippen LogP contribution in [0.1, 0.15) is 0 Å². The van der Waals surface area contributed by atoms with Gasteiger partial charge in [0.05, 0.1) is 19.1 Å². The lowest BCUT2D eigenvalue weighted by molar-refractivity contribution is -0.384. The zero-order valence-corrected chi connectivity index (χ0v) is 11.8. The molecule has 21 heavy (non-hydrogen) atoms. The minimum atomic E-state index is -0.522. The number of nitrogens with one attached hydrogen (secondary N) is 1. The Morgan fingerprint density at radius 2 is 1.95 bits per heavy atom. The first-order valence-corrected chi connectivity index (χ1v) is 6.02. The van der Waals surface area contributed by atoms with Crippen LogP contribution < -0.4 is 14.8 Å². The number of nitrogens with zero attached hydrogens (tertiary/aromatic N) is 3. The van der Waals surface area contributed by atoms with E-state index in [1.165, 1.54) is 20.4 Å². The Labute approximate surface area is 120 Å². The van der Waals surface area contributed by atoms with E-state index < -0.39 is 4.92 Å². The molecule has 110 valence electrons. The summed E-state index contributed by atoms with van der Waals surface area (Å²) in [6.07, 6.45) is 1.17. The fourth-order valence-corrected chi connectivity index (χ4v) is 1.83. The van der Waals surface area contributed by atoms with Crippen LogP contribution in [0.15, 0.2) is 24.4 Å². The van der Waals surface area contributed by atoms with Gasteiger partial charge in [0.2, 0.25) is 5.95 Å². The second-order valence-electron chi connectivity index (χ2n) is 4.00. The van der Waals surface area contributed by atoms with Gasteiger partial charge in [-0.3, -0.25) is 10.1 Å². The number of hydrogen-bond acceptors (Lipinski definition) is 7. The minimum absolute atomic E-state index is 0.179. The lowest BCUT2D eigenvalue weighted by Crippen LogP contribution is -2.02. The van der Waals surface area contributed by atoms with E-state index in [0.29, 0.717) is 23.0 Å². The van der Waals surface area contributed by atoms with Crippen LogP contribution in [0.5, 0.6) is 11.5 Å². The molecule has 1 N–H and O–H groups in total. The molecule has 0 spiro atoms. The van der Waals surface area contributed by atoms with Crippen LogP contribution in [-0.2, 0) is 0 Å². The van der Waals surface area contributed by atoms with Gasteiger partial charge in [-0.1, -0.05) is 0 Å². The number of rotatable bonds is 5. The molecular weight excluding hydrogens is 276 g/mol. The van der Waals surface area contributed by atoms with Crippen molar-refractivity contribution in [1.29, 1.82) is 0 Å². The Balaban J connectivity index is 2.62. The molecule has 2 aromatic rings. The van der Waals surface area contributed by atoms with Gasteiger partial charge in [-0.15, -0.1) is 0 Å². The molecule has 0 unspecified atom stereocenters. The third kappa shape index (κ3) is 2.83. The van der Waals surface area contributed by atoms with E-state index in [-0.39, 0.29) is 11.4 Å². The van der Waals surface area contributed by atoms with Crippen LogP contribution in [0.2, 0.25) is 0 Å². The Bertz CT molecular complexity index is 675. The molecule has 1 aromatic heterocycles. The zero-order valence-electron chi connectivity index (χ0n) is 11.8. The first-order chi connectivity index (χ1) is 10.1. The molecule has 0 saturated carbocycles. The monoisotopic (exact) mass is 290 g/mol. The Hall–Kier alpha value is -2.90. The van der Waals surface area contributed by atoms with Gasteiger partial charge >= 0.3 is 5.69 Å². The van der Waals surface area contributed by atoms with Gasteiger partial charge in [0, 0.05) is 12.6 Å². The van der Waals surface area contributed by atoms with Crippen LogP contribution in [-0.4, -0.2) is 36.2 Å². The Kier molecular flexibility index (Phi) is 4.17. The molecule has 0 aliphatic heterocycles. The smallest absolute Gasteiger partial charge is 0.313 e. The van der Waals surface area contributed by atoms with Crippen molar-refractivity contribution < 1.29 is 14.4 Å². The summed E-state index contributed by atoms with van der Waals surface area (Å²) in [6.45, 7) is 0. The predicted molar refractivity (Wildman–Crippen MR) is 76.8 cm³/mol. The molecule has 1 aromatic carbocycles. The molecular formula is C13H14N4O4. The third-order valence-corrected chi connectivity index (χ3v) is 2.85. The highest BCUT2D eigenvalue weighted by Gasteiger charge is 2.20. The summed E-state index contributed by atoms with van der Waals surface area (Å²) >= 11 is 0. The summed E-state index contributed by atoms with van der Waals surface area (Å²) in [5, 5.41) is 13.9. The van der Waals surface area contributed by atoms with Crippen LogP contribution in [0.4, 0.5) is 11.6 Å². The van der Waals surface area contributed by atoms with Crippen molar-refractivity contribution in [2.24, 2.45) is 0 Å². The topological polar surface area (TPSA) is 99.4 Å². The summed E-state index contributed by atoms with van der Waals surface area (Å²) in [4.78, 5) is 18.6. The van der Waals surface area contributed by atoms with Crippen molar-refractivity contribution in [2.75, 3.05) is 26.6 Å². The first kappa shape index (κ1) is 14.5. The van der Waals surface area contributed by atoms with Gasteiger partial charge in [0.25, 0.3) is 0 Å². The Morgan fingerprint density at radius 1 is 1.24 bits per heavy atom. The van der Waals surface area contributed by atoms with Gasteiger partial charge in [0.15, 0.2) is 17.2 Å². The van der Waals surface area contributed by atoms with Crippen molar-refractivity contribution in [1.82, 2.24) is 9.97 Å². The van der Waals surface area contributed by atoms with Crippen LogP contribution in [0.3, 0.4) is 0 Å². The van der Waals surface area contributed by atoms with Crippen LogP contribution >= 0.6 is 0 Å². The van der Waals surface area contributed by atoms with Crippen molar-refractivity contribution >= 4 is 11.6 Å². The van der Waals surface area contributed by atoms with E-state index in [4.69, 9.17) is 9.47 Å². The normalized spacial score (nSPS) is 10.0. The maximum absolute atomic E-state index is 11.1. The highest BCUT2D eigenvalue weighted by atomic mass is 16.6. The fraction of sp³-hybridized carbons (Fsp3) is 0.231. The van der Waals surface area contributed by atoms with Crippen molar-refractivity contribution in [2.45, 2.75) is 0 Å². The minimum Gasteiger partial charge on any atom is -0.493 e. The summed E-state index contributed by atoms with van der Waals surface area (Å²) in [5.41, 5.74) is 0.569. The fourth-order valence-electron chi connectivity index (χ4n) is 1.83. The molecule has 0 aliphatic carbocycles. The Morgan fingerprint density at radius 3 is 2.52 bits per heavy atom. The second kappa shape index (κ2) is 6.04. The van der Waals surface area contributed by atoms with E-state index in [0.717, 1.165) is 0 Å². The molecule has 2 rings (SSSR count). The second-order valence-corrected chi connectivity index (χ2v) is 4.00. The van der Waals surface area contributed by atoms with E-state index in [1.54, 1.807) is 25.2 Å². The van der Waals surface area contributed by atoms with E-state index in [9.17, 15) is 10.1 Å². The summed E-state index contributed by atoms with van der Waals surface area (Å²) in [5.74, 6) is 1.30. The first-order valence-electron chi connectivity index (χ1n) is 6.02. The number of nitro groups is 1. The lowest BCUT2D eigenvalue weighted by Gasteiger charge is -2.10. The SMILES string of the molecule is CNc1ncc([N+](=O)[O-])c(-c2ccc(OC)c(OC)c2)n1. The molecule has 0 bridgehead atoms. The predicted octanol–water partition coefficient (Wildman–Crippen LogP) is 2.11. The van der Waals surface area contributed by atoms with Gasteiger partial charge in [-0.25, -0.2) is 9.97 Å². The molecule has 0 atom stereocenters. The quantitative estimate of drug-likeness (QED) is 0.665. The van der Waals surface area contributed by atoms with Gasteiger partial charge in [-0.05, 0) is 18.2 Å². The molecule has 0 fully saturated rings. The zero-order chi connectivity index (χ0) is 15.4. The van der Waals surface area contributed by atoms with Crippen molar-refractivity contribution in [3.63, 3.8) is 0 Å². The molecule has 0 saturated heterocycles. The standard InChI is InChI=1S/C13H14N4O4/c1-14-13-15-7-9(17(18)19)12(16-13)8-4-5-10(20-2)11(6-8)21-3/h4-7H,1-3H3,(H,14,15,16). The molecule has 8 heteroatoms. The van der Waals surface area contributed by atoms with Gasteiger partial charge in [0.1, 0.15) is 6.20 Å². The number of anilines is 1. The molecule has 8 nitrogen and oxygen atoms in total. The molecule has 0 aliphatic rings. The molecule has 0 radical (unpaired) electrons. The van der Waals surface area contributed by atoms with E-state index >= 15 is 0 Å². The van der Waals surface area contributed by atoms with Crippen LogP contribution in [0, 0.1) is 10.1 Å². The number of benzene rings is 1. The van der Waals surface area contributed by atoms with Gasteiger partial charge in [-0.2, -0.15) is 0 Å².